The first-order chi connectivity index (χ1) is 9.47. The first-order valence-corrected chi connectivity index (χ1v) is 8.04. The molecule has 2 rings (SSSR count). The van der Waals surface area contributed by atoms with E-state index in [1.807, 2.05) is 36.4 Å². The zero-order chi connectivity index (χ0) is 14.7. The first-order valence-electron chi connectivity index (χ1n) is 6.12. The third-order valence-corrected chi connectivity index (χ3v) is 4.92. The minimum Gasteiger partial charge on any atom is -0.381 e. The van der Waals surface area contributed by atoms with E-state index in [9.17, 15) is 0 Å². The van der Waals surface area contributed by atoms with Gasteiger partial charge in [0.05, 0.1) is 15.7 Å². The molecule has 0 aliphatic rings. The Morgan fingerprint density at radius 2 is 1.65 bits per heavy atom. The summed E-state index contributed by atoms with van der Waals surface area (Å²) < 4.78 is 0.792. The van der Waals surface area contributed by atoms with E-state index in [4.69, 9.17) is 34.8 Å². The maximum atomic E-state index is 6.22. The molecular weight excluding hydrogens is 380 g/mol. The lowest BCUT2D eigenvalue weighted by molar-refractivity contribution is 0.790. The summed E-state index contributed by atoms with van der Waals surface area (Å²) in [5, 5.41) is 5.17. The molecule has 0 radical (unpaired) electrons. The van der Waals surface area contributed by atoms with Crippen LogP contribution >= 0.6 is 50.7 Å². The van der Waals surface area contributed by atoms with Gasteiger partial charge in [-0.15, -0.1) is 0 Å². The van der Waals surface area contributed by atoms with Crippen molar-refractivity contribution in [1.82, 2.24) is 0 Å². The van der Waals surface area contributed by atoms with Gasteiger partial charge in [-0.05, 0) is 59.1 Å². The van der Waals surface area contributed by atoms with Gasteiger partial charge in [0, 0.05) is 15.5 Å². The molecule has 2 aromatic rings. The summed E-state index contributed by atoms with van der Waals surface area (Å²) in [6, 6.07) is 11.9. The molecule has 0 aromatic heterocycles. The second-order valence-corrected chi connectivity index (χ2v) is 6.65. The molecule has 1 N–H and O–H groups in total. The van der Waals surface area contributed by atoms with Gasteiger partial charge in [-0.1, -0.05) is 46.9 Å². The van der Waals surface area contributed by atoms with Crippen LogP contribution in [0.2, 0.25) is 15.1 Å². The molecule has 0 saturated carbocycles. The summed E-state index contributed by atoms with van der Waals surface area (Å²) in [4.78, 5) is 0. The number of anilines is 1. The Kier molecular flexibility index (Phi) is 5.62. The van der Waals surface area contributed by atoms with Gasteiger partial charge in [-0.3, -0.25) is 0 Å². The zero-order valence-electron chi connectivity index (χ0n) is 10.8. The summed E-state index contributed by atoms with van der Waals surface area (Å²) in [5.41, 5.74) is 2.05. The Hall–Kier alpha value is -0.410. The average molecular weight is 394 g/mol. The topological polar surface area (TPSA) is 12.0 Å². The van der Waals surface area contributed by atoms with Gasteiger partial charge >= 0.3 is 0 Å². The maximum Gasteiger partial charge on any atom is 0.0835 e. The predicted octanol–water partition coefficient (Wildman–Crippen LogP) is 6.45. The predicted molar refractivity (Wildman–Crippen MR) is 92.4 cm³/mol. The molecule has 1 atom stereocenters. The Morgan fingerprint density at radius 1 is 1.00 bits per heavy atom. The van der Waals surface area contributed by atoms with E-state index < -0.39 is 0 Å². The number of halogens is 4. The molecule has 5 heteroatoms. The Balaban J connectivity index is 2.06. The van der Waals surface area contributed by atoms with Gasteiger partial charge in [-0.2, -0.15) is 0 Å². The monoisotopic (exact) mass is 391 g/mol. The van der Waals surface area contributed by atoms with Crippen molar-refractivity contribution in [1.29, 1.82) is 0 Å². The summed E-state index contributed by atoms with van der Waals surface area (Å²) in [6.45, 7) is 2.10. The molecule has 106 valence electrons. The second kappa shape index (κ2) is 7.04. The van der Waals surface area contributed by atoms with Crippen molar-refractivity contribution in [3.8, 4) is 0 Å². The lowest BCUT2D eigenvalue weighted by Gasteiger charge is -2.17. The van der Waals surface area contributed by atoms with Crippen LogP contribution in [0.1, 0.15) is 12.5 Å². The summed E-state index contributed by atoms with van der Waals surface area (Å²) in [5.74, 6) is 0. The van der Waals surface area contributed by atoms with E-state index in [1.54, 1.807) is 0 Å². The summed E-state index contributed by atoms with van der Waals surface area (Å²) in [7, 11) is 0. The van der Waals surface area contributed by atoms with Crippen LogP contribution in [-0.4, -0.2) is 6.04 Å². The van der Waals surface area contributed by atoms with Crippen molar-refractivity contribution in [3.05, 3.63) is 61.5 Å². The lowest BCUT2D eigenvalue weighted by atomic mass is 10.1. The fraction of sp³-hybridized carbons (Fsp3) is 0.200. The molecule has 0 heterocycles. The number of benzene rings is 2. The minimum atomic E-state index is 0.228. The van der Waals surface area contributed by atoms with Gasteiger partial charge in [0.15, 0.2) is 0 Å². The number of hydrogen-bond donors (Lipinski definition) is 1. The van der Waals surface area contributed by atoms with E-state index in [0.717, 1.165) is 21.6 Å². The van der Waals surface area contributed by atoms with Gasteiger partial charge in [0.25, 0.3) is 0 Å². The molecule has 0 fully saturated rings. The highest BCUT2D eigenvalue weighted by Crippen LogP contribution is 2.36. The van der Waals surface area contributed by atoms with E-state index in [0.29, 0.717) is 10.0 Å². The highest BCUT2D eigenvalue weighted by molar-refractivity contribution is 9.10. The van der Waals surface area contributed by atoms with Crippen molar-refractivity contribution in [2.24, 2.45) is 0 Å². The van der Waals surface area contributed by atoms with Crippen molar-refractivity contribution >= 4 is 56.4 Å². The van der Waals surface area contributed by atoms with Crippen LogP contribution in [0.4, 0.5) is 5.69 Å². The molecule has 0 aliphatic carbocycles. The Labute approximate surface area is 142 Å². The molecule has 20 heavy (non-hydrogen) atoms. The minimum absolute atomic E-state index is 0.228. The zero-order valence-corrected chi connectivity index (χ0v) is 14.6. The van der Waals surface area contributed by atoms with E-state index >= 15 is 0 Å². The van der Waals surface area contributed by atoms with Gasteiger partial charge in [0.1, 0.15) is 0 Å². The Morgan fingerprint density at radius 3 is 2.30 bits per heavy atom. The van der Waals surface area contributed by atoms with E-state index in [1.165, 1.54) is 5.56 Å². The van der Waals surface area contributed by atoms with Crippen molar-refractivity contribution < 1.29 is 0 Å². The molecule has 1 unspecified atom stereocenters. The number of nitrogens with one attached hydrogen (secondary N) is 1. The van der Waals surface area contributed by atoms with Crippen LogP contribution in [0.15, 0.2) is 40.9 Å². The molecular formula is C15H13BrCl3N. The first kappa shape index (κ1) is 16.0. The van der Waals surface area contributed by atoms with Crippen molar-refractivity contribution in [2.75, 3.05) is 5.32 Å². The van der Waals surface area contributed by atoms with Crippen LogP contribution in [0.5, 0.6) is 0 Å². The molecule has 1 nitrogen and oxygen atoms in total. The second-order valence-electron chi connectivity index (χ2n) is 4.60. The maximum absolute atomic E-state index is 6.22. The third-order valence-electron chi connectivity index (χ3n) is 2.89. The smallest absolute Gasteiger partial charge is 0.0835 e. The van der Waals surface area contributed by atoms with E-state index in [2.05, 4.69) is 28.2 Å². The average Bonchev–Trinajstić information content (AvgIpc) is 2.42. The normalized spacial score (nSPS) is 12.2. The highest BCUT2D eigenvalue weighted by Gasteiger charge is 2.11. The molecule has 0 amide bonds. The van der Waals surface area contributed by atoms with Gasteiger partial charge in [0.2, 0.25) is 0 Å². The summed E-state index contributed by atoms with van der Waals surface area (Å²) >= 11 is 21.6. The largest absolute Gasteiger partial charge is 0.381 e. The highest BCUT2D eigenvalue weighted by atomic mass is 79.9. The molecule has 0 aliphatic heterocycles. The van der Waals surface area contributed by atoms with Crippen LogP contribution < -0.4 is 5.32 Å². The molecule has 0 bridgehead atoms. The Bertz CT molecular complexity index is 599. The molecule has 0 saturated heterocycles. The van der Waals surface area contributed by atoms with Crippen molar-refractivity contribution in [2.45, 2.75) is 19.4 Å². The SMILES string of the molecule is CC(Cc1ccc(Cl)cc1)Nc1ccc(Br)c(Cl)c1Cl. The van der Waals surface area contributed by atoms with Gasteiger partial charge in [-0.25, -0.2) is 0 Å². The van der Waals surface area contributed by atoms with Crippen molar-refractivity contribution in [3.63, 3.8) is 0 Å². The van der Waals surface area contributed by atoms with Crippen LogP contribution in [-0.2, 0) is 6.42 Å². The standard InChI is InChI=1S/C15H13BrCl3N/c1-9(8-10-2-4-11(17)5-3-10)20-13-7-6-12(16)14(18)15(13)19/h2-7,9,20H,8H2,1H3. The van der Waals surface area contributed by atoms with Crippen LogP contribution in [0.25, 0.3) is 0 Å². The fourth-order valence-electron chi connectivity index (χ4n) is 1.93. The van der Waals surface area contributed by atoms with Gasteiger partial charge < -0.3 is 5.32 Å². The fourth-order valence-corrected chi connectivity index (χ4v) is 2.88. The quantitative estimate of drug-likeness (QED) is 0.588. The molecule has 2 aromatic carbocycles. The number of hydrogen-bond acceptors (Lipinski definition) is 1. The lowest BCUT2D eigenvalue weighted by Crippen LogP contribution is -2.18. The molecule has 0 spiro atoms. The van der Waals surface area contributed by atoms with Crippen LogP contribution in [0, 0.1) is 0 Å². The van der Waals surface area contributed by atoms with Crippen LogP contribution in [0.3, 0.4) is 0 Å². The number of rotatable bonds is 4. The summed E-state index contributed by atoms with van der Waals surface area (Å²) in [6.07, 6.45) is 0.876. The van der Waals surface area contributed by atoms with E-state index in [-0.39, 0.29) is 6.04 Å². The third kappa shape index (κ3) is 4.05.